The van der Waals surface area contributed by atoms with E-state index >= 15 is 0 Å². The molecule has 0 radical (unpaired) electrons. The van der Waals surface area contributed by atoms with Crippen LogP contribution in [-0.2, 0) is 25.7 Å². The number of benzene rings is 1. The molecule has 3 amide bonds. The monoisotopic (exact) mass is 395 g/mol. The highest BCUT2D eigenvalue weighted by Gasteiger charge is 2.67. The lowest BCUT2D eigenvalue weighted by Crippen LogP contribution is -2.54. The van der Waals surface area contributed by atoms with Gasteiger partial charge < -0.3 is 19.9 Å². The van der Waals surface area contributed by atoms with E-state index < -0.39 is 17.4 Å². The summed E-state index contributed by atoms with van der Waals surface area (Å²) < 4.78 is 6.21. The highest BCUT2D eigenvalue weighted by Crippen LogP contribution is 2.52. The topological polar surface area (TPSA) is 79.0 Å². The average molecular weight is 395 g/mol. The minimum atomic E-state index is -0.724. The van der Waals surface area contributed by atoms with Crippen LogP contribution >= 0.6 is 0 Å². The van der Waals surface area contributed by atoms with Gasteiger partial charge >= 0.3 is 0 Å². The molecule has 1 aromatic rings. The van der Waals surface area contributed by atoms with E-state index in [9.17, 15) is 14.4 Å². The second-order valence-electron chi connectivity index (χ2n) is 8.63. The number of nitrogens with one attached hydrogen (secondary N) is 1. The lowest BCUT2D eigenvalue weighted by Gasteiger charge is -2.32. The fourth-order valence-electron chi connectivity index (χ4n) is 5.21. The number of carbonyl (C=O) groups is 3. The fourth-order valence-corrected chi connectivity index (χ4v) is 5.21. The van der Waals surface area contributed by atoms with Crippen molar-refractivity contribution in [2.24, 2.45) is 11.8 Å². The Morgan fingerprint density at radius 1 is 1.31 bits per heavy atom. The first kappa shape index (κ1) is 18.4. The van der Waals surface area contributed by atoms with Gasteiger partial charge in [0.1, 0.15) is 5.60 Å². The van der Waals surface area contributed by atoms with Gasteiger partial charge in [-0.2, -0.15) is 0 Å². The molecule has 1 aromatic carbocycles. The third-order valence-electron chi connectivity index (χ3n) is 6.68. The first-order valence-corrected chi connectivity index (χ1v) is 10.2. The van der Waals surface area contributed by atoms with Crippen LogP contribution in [0.2, 0.25) is 0 Å². The fraction of sp³-hybridized carbons (Fsp3) is 0.500. The van der Waals surface area contributed by atoms with E-state index in [0.717, 1.165) is 16.7 Å². The van der Waals surface area contributed by atoms with E-state index in [1.165, 1.54) is 0 Å². The van der Waals surface area contributed by atoms with E-state index in [2.05, 4.69) is 23.5 Å². The Hall–Kier alpha value is -2.67. The smallest absolute Gasteiger partial charge is 0.239 e. The summed E-state index contributed by atoms with van der Waals surface area (Å²) >= 11 is 0. The molecular weight excluding hydrogens is 370 g/mol. The largest absolute Gasteiger partial charge is 0.360 e. The molecule has 1 spiro atoms. The van der Waals surface area contributed by atoms with E-state index in [0.29, 0.717) is 26.2 Å². The summed E-state index contributed by atoms with van der Waals surface area (Å²) in [5.74, 6) is -1.41. The van der Waals surface area contributed by atoms with Gasteiger partial charge in [-0.05, 0) is 25.0 Å². The molecule has 4 aliphatic heterocycles. The van der Waals surface area contributed by atoms with Crippen molar-refractivity contribution in [3.63, 3.8) is 0 Å². The second-order valence-corrected chi connectivity index (χ2v) is 8.63. The summed E-state index contributed by atoms with van der Waals surface area (Å²) in [4.78, 5) is 41.8. The standard InChI is InChI=1S/C22H25N3O4/c1-13-3-4-14(2)15(9-13)10-25-12-22-6-5-16(29-22)18(19(22)21(25)28)20(27)24-8-7-23-17(26)11-24/h3-6,9,16,18-19H,7-8,10-12H2,1-2H3,(H,23,26)/t16-,18?,19?,22-/m1/s1. The first-order valence-electron chi connectivity index (χ1n) is 10.2. The van der Waals surface area contributed by atoms with Crippen molar-refractivity contribution < 1.29 is 19.1 Å². The zero-order valence-electron chi connectivity index (χ0n) is 16.7. The van der Waals surface area contributed by atoms with Gasteiger partial charge in [0.05, 0.1) is 31.0 Å². The van der Waals surface area contributed by atoms with E-state index in [4.69, 9.17) is 4.74 Å². The Kier molecular flexibility index (Phi) is 4.07. The molecule has 5 rings (SSSR count). The van der Waals surface area contributed by atoms with Crippen molar-refractivity contribution in [2.45, 2.75) is 32.1 Å². The summed E-state index contributed by atoms with van der Waals surface area (Å²) in [6, 6.07) is 6.24. The molecule has 4 atom stereocenters. The molecule has 2 unspecified atom stereocenters. The van der Waals surface area contributed by atoms with Crippen molar-refractivity contribution in [1.82, 2.24) is 15.1 Å². The quantitative estimate of drug-likeness (QED) is 0.758. The summed E-state index contributed by atoms with van der Waals surface area (Å²) in [5, 5.41) is 2.74. The van der Waals surface area contributed by atoms with Gasteiger partial charge in [0.25, 0.3) is 0 Å². The zero-order chi connectivity index (χ0) is 20.3. The Morgan fingerprint density at radius 3 is 2.93 bits per heavy atom. The number of nitrogens with zero attached hydrogens (tertiary/aromatic N) is 2. The van der Waals surface area contributed by atoms with E-state index in [1.807, 2.05) is 30.9 Å². The Morgan fingerprint density at radius 2 is 2.14 bits per heavy atom. The van der Waals surface area contributed by atoms with Crippen molar-refractivity contribution >= 4 is 17.7 Å². The van der Waals surface area contributed by atoms with E-state index in [-0.39, 0.29) is 30.4 Å². The molecule has 3 fully saturated rings. The van der Waals surface area contributed by atoms with Crippen LogP contribution in [0.1, 0.15) is 16.7 Å². The Bertz CT molecular complexity index is 942. The zero-order valence-corrected chi connectivity index (χ0v) is 16.7. The summed E-state index contributed by atoms with van der Waals surface area (Å²) in [5.41, 5.74) is 2.69. The van der Waals surface area contributed by atoms with Crippen LogP contribution in [0.5, 0.6) is 0 Å². The minimum Gasteiger partial charge on any atom is -0.360 e. The number of amides is 3. The lowest BCUT2D eigenvalue weighted by molar-refractivity contribution is -0.146. The number of hydrogen-bond donors (Lipinski definition) is 1. The van der Waals surface area contributed by atoms with Crippen molar-refractivity contribution in [1.29, 1.82) is 0 Å². The van der Waals surface area contributed by atoms with Crippen LogP contribution in [0.3, 0.4) is 0 Å². The second kappa shape index (κ2) is 6.42. The molecule has 29 heavy (non-hydrogen) atoms. The maximum atomic E-state index is 13.4. The molecule has 7 heteroatoms. The molecule has 4 heterocycles. The van der Waals surface area contributed by atoms with Crippen LogP contribution in [0.15, 0.2) is 30.4 Å². The number of carbonyl (C=O) groups excluding carboxylic acids is 3. The average Bonchev–Trinajstić information content (AvgIpc) is 3.33. The molecule has 152 valence electrons. The molecule has 4 aliphatic rings. The molecule has 1 N–H and O–H groups in total. The minimum absolute atomic E-state index is 0.0300. The number of aryl methyl sites for hydroxylation is 2. The molecule has 0 aliphatic carbocycles. The van der Waals surface area contributed by atoms with Crippen molar-refractivity contribution in [2.75, 3.05) is 26.2 Å². The van der Waals surface area contributed by atoms with Gasteiger partial charge in [0.15, 0.2) is 0 Å². The van der Waals surface area contributed by atoms with Crippen LogP contribution in [0.4, 0.5) is 0 Å². The molecule has 3 saturated heterocycles. The highest BCUT2D eigenvalue weighted by atomic mass is 16.5. The summed E-state index contributed by atoms with van der Waals surface area (Å²) in [6.07, 6.45) is 3.50. The molecule has 7 nitrogen and oxygen atoms in total. The maximum absolute atomic E-state index is 13.4. The molecular formula is C22H25N3O4. The van der Waals surface area contributed by atoms with Crippen LogP contribution in [0.25, 0.3) is 0 Å². The number of hydrogen-bond acceptors (Lipinski definition) is 4. The van der Waals surface area contributed by atoms with Crippen LogP contribution in [0, 0.1) is 25.7 Å². The number of fused-ring (bicyclic) bond motifs is 1. The first-order chi connectivity index (χ1) is 13.9. The number of likely N-dealkylation sites (tertiary alicyclic amines) is 1. The summed E-state index contributed by atoms with van der Waals surface area (Å²) in [7, 11) is 0. The van der Waals surface area contributed by atoms with Gasteiger partial charge in [-0.15, -0.1) is 0 Å². The SMILES string of the molecule is Cc1ccc(C)c(CN2C[C@@]34C=C[C@@H](O3)C(C(=O)N3CCNC(=O)C3)C4C2=O)c1. The molecule has 0 aromatic heterocycles. The number of rotatable bonds is 3. The van der Waals surface area contributed by atoms with Crippen LogP contribution < -0.4 is 5.32 Å². The Labute approximate surface area is 169 Å². The predicted octanol–water partition coefficient (Wildman–Crippen LogP) is 0.544. The number of ether oxygens (including phenoxy) is 1. The molecule has 0 saturated carbocycles. The van der Waals surface area contributed by atoms with Crippen molar-refractivity contribution in [3.05, 3.63) is 47.0 Å². The normalized spacial score (nSPS) is 32.7. The van der Waals surface area contributed by atoms with Crippen LogP contribution in [-0.4, -0.2) is 65.4 Å². The maximum Gasteiger partial charge on any atom is 0.239 e. The summed E-state index contributed by atoms with van der Waals surface area (Å²) in [6.45, 7) is 6.02. The predicted molar refractivity (Wildman–Crippen MR) is 105 cm³/mol. The van der Waals surface area contributed by atoms with Gasteiger partial charge in [-0.25, -0.2) is 0 Å². The molecule has 2 bridgehead atoms. The van der Waals surface area contributed by atoms with Gasteiger partial charge in [-0.1, -0.05) is 35.9 Å². The van der Waals surface area contributed by atoms with E-state index in [1.54, 1.807) is 4.90 Å². The van der Waals surface area contributed by atoms with Gasteiger partial charge in [0.2, 0.25) is 17.7 Å². The lowest BCUT2D eigenvalue weighted by atomic mass is 9.76. The Balaban J connectivity index is 1.40. The third-order valence-corrected chi connectivity index (χ3v) is 6.68. The number of piperazine rings is 1. The van der Waals surface area contributed by atoms with Gasteiger partial charge in [-0.3, -0.25) is 14.4 Å². The highest BCUT2D eigenvalue weighted by molar-refractivity contribution is 5.94. The van der Waals surface area contributed by atoms with Gasteiger partial charge in [0, 0.05) is 19.6 Å². The van der Waals surface area contributed by atoms with Crippen molar-refractivity contribution in [3.8, 4) is 0 Å². The third kappa shape index (κ3) is 2.79.